The first-order valence-electron chi connectivity index (χ1n) is 12.0. The van der Waals surface area contributed by atoms with Crippen LogP contribution in [-0.4, -0.2) is 93.3 Å². The number of hydrogen-bond donors (Lipinski definition) is 1. The van der Waals surface area contributed by atoms with Crippen molar-refractivity contribution in [2.24, 2.45) is 5.92 Å². The molecular formula is C22H28N10O4. The van der Waals surface area contributed by atoms with Crippen LogP contribution in [0.15, 0.2) is 30.9 Å². The molecule has 190 valence electrons. The quantitative estimate of drug-likeness (QED) is 0.503. The fourth-order valence-electron chi connectivity index (χ4n) is 4.62. The Kier molecular flexibility index (Phi) is 7.00. The molecule has 5 heterocycles. The first kappa shape index (κ1) is 23.6. The second-order valence-electron chi connectivity index (χ2n) is 9.08. The summed E-state index contributed by atoms with van der Waals surface area (Å²) in [6, 6.07) is 3.69. The van der Waals surface area contributed by atoms with Crippen molar-refractivity contribution in [3.63, 3.8) is 0 Å². The molecule has 0 radical (unpaired) electrons. The molecular weight excluding hydrogens is 468 g/mol. The van der Waals surface area contributed by atoms with Crippen molar-refractivity contribution in [3.8, 4) is 11.6 Å². The molecule has 3 aromatic rings. The first-order chi connectivity index (χ1) is 17.5. The molecule has 2 fully saturated rings. The Morgan fingerprint density at radius 3 is 2.47 bits per heavy atom. The molecule has 14 nitrogen and oxygen atoms in total. The summed E-state index contributed by atoms with van der Waals surface area (Å²) >= 11 is 0. The third kappa shape index (κ3) is 5.58. The van der Waals surface area contributed by atoms with Crippen LogP contribution in [0.4, 0.5) is 4.79 Å². The Morgan fingerprint density at radius 1 is 1.03 bits per heavy atom. The lowest BCUT2D eigenvalue weighted by atomic mass is 9.92. The number of pyridine rings is 1. The van der Waals surface area contributed by atoms with E-state index in [1.807, 2.05) is 4.90 Å². The van der Waals surface area contributed by atoms with Crippen molar-refractivity contribution in [2.45, 2.75) is 44.8 Å². The summed E-state index contributed by atoms with van der Waals surface area (Å²) in [6.45, 7) is 2.63. The summed E-state index contributed by atoms with van der Waals surface area (Å²) < 4.78 is 7.24. The van der Waals surface area contributed by atoms with Crippen molar-refractivity contribution < 1.29 is 19.4 Å². The van der Waals surface area contributed by atoms with Crippen LogP contribution in [0.1, 0.15) is 43.8 Å². The van der Waals surface area contributed by atoms with Gasteiger partial charge in [-0.05, 0) is 54.2 Å². The SMILES string of the molecule is O=C(O)N1CCC(CC(=O)N2CCC(n3ncc(COc4ccc(-n5cnnn5)nc4)n3)CC2)CC1. The van der Waals surface area contributed by atoms with E-state index >= 15 is 0 Å². The van der Waals surface area contributed by atoms with Gasteiger partial charge in [-0.15, -0.1) is 5.10 Å². The monoisotopic (exact) mass is 496 g/mol. The van der Waals surface area contributed by atoms with Gasteiger partial charge in [0.2, 0.25) is 5.91 Å². The van der Waals surface area contributed by atoms with Crippen LogP contribution in [0.25, 0.3) is 5.82 Å². The van der Waals surface area contributed by atoms with Gasteiger partial charge in [0.15, 0.2) is 5.82 Å². The first-order valence-corrected chi connectivity index (χ1v) is 12.0. The van der Waals surface area contributed by atoms with E-state index in [4.69, 9.17) is 9.84 Å². The minimum atomic E-state index is -0.878. The van der Waals surface area contributed by atoms with Crippen molar-refractivity contribution in [3.05, 3.63) is 36.5 Å². The lowest BCUT2D eigenvalue weighted by molar-refractivity contribution is -0.133. The van der Waals surface area contributed by atoms with Gasteiger partial charge in [0, 0.05) is 32.6 Å². The number of hydrogen-bond acceptors (Lipinski definition) is 9. The summed E-state index contributed by atoms with van der Waals surface area (Å²) in [4.78, 5) is 33.2. The number of carbonyl (C=O) groups is 2. The molecule has 0 saturated carbocycles. The van der Waals surface area contributed by atoms with Crippen LogP contribution in [0.5, 0.6) is 5.75 Å². The fraction of sp³-hybridized carbons (Fsp3) is 0.545. The van der Waals surface area contributed by atoms with Gasteiger partial charge in [-0.2, -0.15) is 19.7 Å². The summed E-state index contributed by atoms with van der Waals surface area (Å²) in [5.41, 5.74) is 0.714. The maximum atomic E-state index is 12.8. The molecule has 3 aromatic heterocycles. The predicted octanol–water partition coefficient (Wildman–Crippen LogP) is 1.17. The molecule has 2 aliphatic heterocycles. The van der Waals surface area contributed by atoms with E-state index < -0.39 is 6.09 Å². The highest BCUT2D eigenvalue weighted by atomic mass is 16.5. The van der Waals surface area contributed by atoms with Crippen molar-refractivity contribution in [2.75, 3.05) is 26.2 Å². The molecule has 5 rings (SSSR count). The number of rotatable bonds is 7. The smallest absolute Gasteiger partial charge is 0.407 e. The zero-order valence-electron chi connectivity index (χ0n) is 19.8. The molecule has 2 amide bonds. The van der Waals surface area contributed by atoms with Gasteiger partial charge in [-0.1, -0.05) is 0 Å². The maximum Gasteiger partial charge on any atom is 0.407 e. The summed E-state index contributed by atoms with van der Waals surface area (Å²) in [7, 11) is 0. The van der Waals surface area contributed by atoms with Gasteiger partial charge in [-0.25, -0.2) is 9.78 Å². The second kappa shape index (κ2) is 10.7. The van der Waals surface area contributed by atoms with Crippen molar-refractivity contribution in [1.29, 1.82) is 0 Å². The Hall–Kier alpha value is -4.10. The van der Waals surface area contributed by atoms with Crippen molar-refractivity contribution in [1.82, 2.24) is 50.0 Å². The molecule has 0 atom stereocenters. The summed E-state index contributed by atoms with van der Waals surface area (Å²) in [5, 5.41) is 29.0. The van der Waals surface area contributed by atoms with E-state index in [-0.39, 0.29) is 24.5 Å². The van der Waals surface area contributed by atoms with E-state index in [0.717, 1.165) is 25.7 Å². The van der Waals surface area contributed by atoms with Crippen LogP contribution < -0.4 is 4.74 Å². The van der Waals surface area contributed by atoms with E-state index in [2.05, 4.69) is 30.7 Å². The predicted molar refractivity (Wildman–Crippen MR) is 123 cm³/mol. The van der Waals surface area contributed by atoms with Gasteiger partial charge < -0.3 is 19.6 Å². The third-order valence-electron chi connectivity index (χ3n) is 6.74. The number of carbonyl (C=O) groups excluding carboxylic acids is 1. The molecule has 0 aromatic carbocycles. The highest BCUT2D eigenvalue weighted by molar-refractivity contribution is 5.76. The normalized spacial score (nSPS) is 17.3. The molecule has 0 unspecified atom stereocenters. The number of carboxylic acid groups (broad SMARTS) is 1. The van der Waals surface area contributed by atoms with Gasteiger partial charge in [-0.3, -0.25) is 4.79 Å². The number of amides is 2. The van der Waals surface area contributed by atoms with Crippen LogP contribution in [0, 0.1) is 5.92 Å². The third-order valence-corrected chi connectivity index (χ3v) is 6.74. The van der Waals surface area contributed by atoms with E-state index in [1.165, 1.54) is 15.9 Å². The van der Waals surface area contributed by atoms with E-state index in [1.54, 1.807) is 29.3 Å². The Bertz CT molecular complexity index is 1150. The Labute approximate surface area is 206 Å². The molecule has 14 heteroatoms. The number of likely N-dealkylation sites (tertiary alicyclic amines) is 2. The number of aromatic nitrogens is 8. The highest BCUT2D eigenvalue weighted by Gasteiger charge is 2.29. The highest BCUT2D eigenvalue weighted by Crippen LogP contribution is 2.25. The van der Waals surface area contributed by atoms with E-state index in [9.17, 15) is 9.59 Å². The van der Waals surface area contributed by atoms with Crippen molar-refractivity contribution >= 4 is 12.0 Å². The molecule has 0 aliphatic carbocycles. The van der Waals surface area contributed by atoms with Crippen LogP contribution >= 0.6 is 0 Å². The zero-order valence-corrected chi connectivity index (χ0v) is 19.8. The van der Waals surface area contributed by atoms with Crippen LogP contribution in [0.2, 0.25) is 0 Å². The lowest BCUT2D eigenvalue weighted by Gasteiger charge is -2.34. The Balaban J connectivity index is 1.05. The maximum absolute atomic E-state index is 12.8. The van der Waals surface area contributed by atoms with Crippen LogP contribution in [0.3, 0.4) is 0 Å². The molecule has 1 N–H and O–H groups in total. The van der Waals surface area contributed by atoms with Gasteiger partial charge in [0.25, 0.3) is 0 Å². The number of tetrazole rings is 1. The number of ether oxygens (including phenoxy) is 1. The summed E-state index contributed by atoms with van der Waals surface area (Å²) in [6.07, 6.45) is 7.46. The average molecular weight is 497 g/mol. The largest absolute Gasteiger partial charge is 0.486 e. The number of nitrogens with zero attached hydrogens (tertiary/aromatic N) is 10. The molecule has 0 spiro atoms. The average Bonchev–Trinajstić information content (AvgIpc) is 3.61. The standard InChI is InChI=1S/C22H28N10O4/c33-21(11-16-3-7-30(8-4-16)22(34)35)29-9-5-18(6-10-29)32-25-12-17(26-32)14-36-19-1-2-20(23-13-19)31-15-24-27-28-31/h1-2,12-13,15-16,18H,3-11,14H2,(H,34,35). The molecule has 36 heavy (non-hydrogen) atoms. The Morgan fingerprint density at radius 2 is 1.81 bits per heavy atom. The minimum absolute atomic E-state index is 0.138. The molecule has 2 aliphatic rings. The lowest BCUT2D eigenvalue weighted by Crippen LogP contribution is -2.42. The minimum Gasteiger partial charge on any atom is -0.486 e. The van der Waals surface area contributed by atoms with Crippen LogP contribution in [-0.2, 0) is 11.4 Å². The number of piperidine rings is 2. The molecule has 2 saturated heterocycles. The molecule has 0 bridgehead atoms. The topological polar surface area (TPSA) is 157 Å². The fourth-order valence-corrected chi connectivity index (χ4v) is 4.62. The second-order valence-corrected chi connectivity index (χ2v) is 9.08. The van der Waals surface area contributed by atoms with Gasteiger partial charge in [0.05, 0.1) is 18.4 Å². The van der Waals surface area contributed by atoms with Gasteiger partial charge in [0.1, 0.15) is 24.4 Å². The zero-order chi connectivity index (χ0) is 24.9. The van der Waals surface area contributed by atoms with Gasteiger partial charge >= 0.3 is 6.09 Å². The summed E-state index contributed by atoms with van der Waals surface area (Å²) in [5.74, 6) is 1.60. The van der Waals surface area contributed by atoms with E-state index in [0.29, 0.717) is 49.9 Å².